The average molecular weight is 496 g/mol. The van der Waals surface area contributed by atoms with Crippen molar-refractivity contribution in [3.63, 3.8) is 0 Å². The number of rotatable bonds is 7. The largest absolute Gasteiger partial charge is 0.497 e. The summed E-state index contributed by atoms with van der Waals surface area (Å²) < 4.78 is 12.7. The Balaban J connectivity index is 1.62. The van der Waals surface area contributed by atoms with Crippen LogP contribution in [0, 0.1) is 6.92 Å². The van der Waals surface area contributed by atoms with Gasteiger partial charge in [-0.3, -0.25) is 4.79 Å². The van der Waals surface area contributed by atoms with E-state index in [9.17, 15) is 4.79 Å². The van der Waals surface area contributed by atoms with Crippen LogP contribution < -0.4 is 14.9 Å². The maximum atomic E-state index is 12.7. The Morgan fingerprint density at radius 3 is 2.56 bits per heavy atom. The fourth-order valence-electron chi connectivity index (χ4n) is 3.85. The van der Waals surface area contributed by atoms with Gasteiger partial charge < -0.3 is 14.0 Å². The molecule has 0 saturated heterocycles. The molecule has 1 N–H and O–H groups in total. The fraction of sp³-hybridized carbons (Fsp3) is 0.154. The molecule has 0 atom stereocenters. The van der Waals surface area contributed by atoms with Crippen LogP contribution in [0.2, 0.25) is 10.0 Å². The van der Waals surface area contributed by atoms with E-state index in [0.29, 0.717) is 33.7 Å². The number of methoxy groups -OCH3 is 2. The minimum atomic E-state index is -0.382. The number of amides is 1. The number of nitrogens with zero attached hydrogens (tertiary/aromatic N) is 2. The summed E-state index contributed by atoms with van der Waals surface area (Å²) in [5.41, 5.74) is 6.96. The molecular weight excluding hydrogens is 473 g/mol. The Morgan fingerprint density at radius 1 is 1.03 bits per heavy atom. The van der Waals surface area contributed by atoms with Crippen LogP contribution in [0.5, 0.6) is 11.5 Å². The Bertz CT molecular complexity index is 1400. The molecule has 6 nitrogen and oxygen atoms in total. The summed E-state index contributed by atoms with van der Waals surface area (Å²) >= 11 is 12.3. The lowest BCUT2D eigenvalue weighted by Crippen LogP contribution is -2.18. The molecule has 4 aromatic rings. The van der Waals surface area contributed by atoms with Gasteiger partial charge in [0.1, 0.15) is 11.5 Å². The molecule has 0 radical (unpaired) electrons. The van der Waals surface area contributed by atoms with Crippen molar-refractivity contribution >= 4 is 46.2 Å². The van der Waals surface area contributed by atoms with Crippen molar-refractivity contribution in [2.45, 2.75) is 13.5 Å². The van der Waals surface area contributed by atoms with Crippen LogP contribution in [0.25, 0.3) is 10.9 Å². The monoisotopic (exact) mass is 495 g/mol. The van der Waals surface area contributed by atoms with Gasteiger partial charge in [-0.25, -0.2) is 5.43 Å². The van der Waals surface area contributed by atoms with E-state index in [1.807, 2.05) is 37.3 Å². The molecule has 4 rings (SSSR count). The summed E-state index contributed by atoms with van der Waals surface area (Å²) in [6.07, 6.45) is 1.66. The molecule has 0 unspecified atom stereocenters. The maximum absolute atomic E-state index is 12.7. The summed E-state index contributed by atoms with van der Waals surface area (Å²) in [4.78, 5) is 12.7. The number of carbonyl (C=O) groups is 1. The molecule has 1 heterocycles. The quantitative estimate of drug-likeness (QED) is 0.249. The molecule has 0 aliphatic rings. The van der Waals surface area contributed by atoms with Gasteiger partial charge in [0.2, 0.25) is 0 Å². The number of hydrogen-bond donors (Lipinski definition) is 1. The SMILES string of the molecule is COc1ccc(C(=O)NN=Cc2c(C)n(Cc3ccc(Cl)c(Cl)c3)c3ccccc23)c(OC)c1. The van der Waals surface area contributed by atoms with Crippen LogP contribution in [0.3, 0.4) is 0 Å². The molecule has 0 spiro atoms. The second-order valence-corrected chi connectivity index (χ2v) is 8.43. The third kappa shape index (κ3) is 4.74. The fourth-order valence-corrected chi connectivity index (χ4v) is 4.17. The highest BCUT2D eigenvalue weighted by Crippen LogP contribution is 2.28. The van der Waals surface area contributed by atoms with Gasteiger partial charge >= 0.3 is 0 Å². The molecule has 34 heavy (non-hydrogen) atoms. The number of ether oxygens (including phenoxy) is 2. The predicted molar refractivity (Wildman–Crippen MR) is 137 cm³/mol. The molecular formula is C26H23Cl2N3O3. The first-order valence-corrected chi connectivity index (χ1v) is 11.3. The van der Waals surface area contributed by atoms with Crippen molar-refractivity contribution in [3.8, 4) is 11.5 Å². The summed E-state index contributed by atoms with van der Waals surface area (Å²) in [5.74, 6) is 0.622. The van der Waals surface area contributed by atoms with E-state index < -0.39 is 0 Å². The molecule has 174 valence electrons. The number of carbonyl (C=O) groups excluding carboxylic acids is 1. The number of para-hydroxylation sites is 1. The molecule has 8 heteroatoms. The van der Waals surface area contributed by atoms with E-state index in [2.05, 4.69) is 21.2 Å². The zero-order valence-corrected chi connectivity index (χ0v) is 20.4. The molecule has 1 amide bonds. The average Bonchev–Trinajstić information content (AvgIpc) is 3.11. The molecule has 0 bridgehead atoms. The van der Waals surface area contributed by atoms with Crippen molar-refractivity contribution < 1.29 is 14.3 Å². The standard InChI is InChI=1S/C26H23Cl2N3O3/c1-16-21(14-29-30-26(32)20-10-9-18(33-2)13-25(20)34-3)19-6-4-5-7-24(19)31(16)15-17-8-11-22(27)23(28)12-17/h4-14H,15H2,1-3H3,(H,30,32). The van der Waals surface area contributed by atoms with Gasteiger partial charge in [-0.2, -0.15) is 5.10 Å². The lowest BCUT2D eigenvalue weighted by molar-refractivity contribution is 0.0952. The lowest BCUT2D eigenvalue weighted by Gasteiger charge is -2.10. The van der Waals surface area contributed by atoms with Gasteiger partial charge in [0.15, 0.2) is 0 Å². The van der Waals surface area contributed by atoms with Crippen LogP contribution in [0.1, 0.15) is 27.2 Å². The molecule has 3 aromatic carbocycles. The number of nitrogens with one attached hydrogen (secondary N) is 1. The third-order valence-electron chi connectivity index (χ3n) is 5.62. The first-order valence-electron chi connectivity index (χ1n) is 10.5. The highest BCUT2D eigenvalue weighted by Gasteiger charge is 2.15. The smallest absolute Gasteiger partial charge is 0.275 e. The van der Waals surface area contributed by atoms with Gasteiger partial charge in [-0.15, -0.1) is 0 Å². The molecule has 0 aliphatic heterocycles. The second-order valence-electron chi connectivity index (χ2n) is 7.62. The van der Waals surface area contributed by atoms with Crippen molar-refractivity contribution in [3.05, 3.63) is 93.1 Å². The van der Waals surface area contributed by atoms with E-state index in [0.717, 1.165) is 27.7 Å². The van der Waals surface area contributed by atoms with E-state index in [4.69, 9.17) is 32.7 Å². The van der Waals surface area contributed by atoms with Crippen LogP contribution >= 0.6 is 23.2 Å². The maximum Gasteiger partial charge on any atom is 0.275 e. The van der Waals surface area contributed by atoms with Crippen molar-refractivity contribution in [2.24, 2.45) is 5.10 Å². The minimum absolute atomic E-state index is 0.360. The van der Waals surface area contributed by atoms with Crippen molar-refractivity contribution in [1.82, 2.24) is 9.99 Å². The van der Waals surface area contributed by atoms with Crippen LogP contribution in [-0.2, 0) is 6.54 Å². The van der Waals surface area contributed by atoms with Gasteiger partial charge in [0.25, 0.3) is 5.91 Å². The molecule has 0 aliphatic carbocycles. The van der Waals surface area contributed by atoms with Crippen molar-refractivity contribution in [1.29, 1.82) is 0 Å². The van der Waals surface area contributed by atoms with Gasteiger partial charge in [-0.05, 0) is 42.8 Å². The number of hydrogen-bond acceptors (Lipinski definition) is 4. The topological polar surface area (TPSA) is 64.8 Å². The molecule has 0 fully saturated rings. The van der Waals surface area contributed by atoms with Gasteiger partial charge in [0, 0.05) is 34.8 Å². The minimum Gasteiger partial charge on any atom is -0.497 e. The van der Waals surface area contributed by atoms with E-state index in [1.165, 1.54) is 7.11 Å². The highest BCUT2D eigenvalue weighted by molar-refractivity contribution is 6.42. The number of fused-ring (bicyclic) bond motifs is 1. The van der Waals surface area contributed by atoms with Crippen molar-refractivity contribution in [2.75, 3.05) is 14.2 Å². The zero-order valence-electron chi connectivity index (χ0n) is 18.9. The summed E-state index contributed by atoms with van der Waals surface area (Å²) in [7, 11) is 3.06. The normalized spacial score (nSPS) is 11.2. The summed E-state index contributed by atoms with van der Waals surface area (Å²) in [6, 6.07) is 18.7. The predicted octanol–water partition coefficient (Wildman–Crippen LogP) is 6.09. The van der Waals surface area contributed by atoms with E-state index in [1.54, 1.807) is 37.6 Å². The van der Waals surface area contributed by atoms with E-state index >= 15 is 0 Å². The molecule has 0 saturated carbocycles. The Morgan fingerprint density at radius 2 is 1.82 bits per heavy atom. The summed E-state index contributed by atoms with van der Waals surface area (Å²) in [6.45, 7) is 2.64. The molecule has 1 aromatic heterocycles. The first kappa shape index (κ1) is 23.7. The van der Waals surface area contributed by atoms with E-state index in [-0.39, 0.29) is 5.91 Å². The van der Waals surface area contributed by atoms with Crippen LogP contribution in [-0.4, -0.2) is 30.9 Å². The highest BCUT2D eigenvalue weighted by atomic mass is 35.5. The number of aromatic nitrogens is 1. The lowest BCUT2D eigenvalue weighted by atomic mass is 10.1. The number of benzene rings is 3. The number of halogens is 2. The second kappa shape index (κ2) is 10.2. The number of hydrazone groups is 1. The van der Waals surface area contributed by atoms with Gasteiger partial charge in [0.05, 0.1) is 36.0 Å². The Labute approximate surface area is 207 Å². The Hall–Kier alpha value is -3.48. The summed E-state index contributed by atoms with van der Waals surface area (Å²) in [5, 5.41) is 6.30. The van der Waals surface area contributed by atoms with Crippen LogP contribution in [0.15, 0.2) is 65.8 Å². The van der Waals surface area contributed by atoms with Crippen LogP contribution in [0.4, 0.5) is 0 Å². The third-order valence-corrected chi connectivity index (χ3v) is 6.36. The first-order chi connectivity index (χ1) is 16.4. The Kier molecular flexibility index (Phi) is 7.10. The zero-order chi connectivity index (χ0) is 24.2. The van der Waals surface area contributed by atoms with Gasteiger partial charge in [-0.1, -0.05) is 47.5 Å².